The topological polar surface area (TPSA) is 29.5 Å². The molecule has 0 aromatic rings. The van der Waals surface area contributed by atoms with E-state index in [0.717, 1.165) is 13.0 Å². The number of hydrogen-bond donors (Lipinski definition) is 0. The molecule has 2 saturated heterocycles. The first-order chi connectivity index (χ1) is 6.00. The predicted octanol–water partition coefficient (Wildman–Crippen LogP) is 1.19. The maximum Gasteiger partial charge on any atom is 0.322 e. The molecule has 0 N–H and O–H groups in total. The summed E-state index contributed by atoms with van der Waals surface area (Å²) in [4.78, 5) is 13.6. The number of fused-ring (bicyclic) bond motifs is 1. The summed E-state index contributed by atoms with van der Waals surface area (Å²) in [5.41, 5.74) is 0.0165. The van der Waals surface area contributed by atoms with E-state index in [1.807, 2.05) is 0 Å². The van der Waals surface area contributed by atoms with Crippen LogP contribution in [0.25, 0.3) is 0 Å². The summed E-state index contributed by atoms with van der Waals surface area (Å²) in [6, 6.07) is 0.00391. The van der Waals surface area contributed by atoms with E-state index in [9.17, 15) is 4.79 Å². The van der Waals surface area contributed by atoms with Gasteiger partial charge < -0.3 is 11.2 Å². The van der Waals surface area contributed by atoms with E-state index >= 15 is 0 Å². The van der Waals surface area contributed by atoms with Crippen LogP contribution in [0, 0.1) is 11.8 Å². The molecule has 0 saturated carbocycles. The minimum absolute atomic E-state index is 0. The number of carbonyl (C=O) groups excluding carboxylic acids is 1. The molecular formula is C10H16NO2Y-. The smallest absolute Gasteiger partial charge is 0.322 e. The maximum absolute atomic E-state index is 11.4. The molecule has 0 spiro atoms. The summed E-state index contributed by atoms with van der Waals surface area (Å²) in [5.74, 6) is -0.0475. The SMILES string of the molecule is CC(C)(C)[C@H]1OC(=O)[C@@H]2C[CH-]CN21.[Y]. The second-order valence-electron chi connectivity index (χ2n) is 4.89. The second kappa shape index (κ2) is 4.19. The van der Waals surface area contributed by atoms with E-state index < -0.39 is 0 Å². The normalized spacial score (nSPS) is 32.4. The van der Waals surface area contributed by atoms with E-state index in [-0.39, 0.29) is 56.4 Å². The van der Waals surface area contributed by atoms with Gasteiger partial charge in [-0.3, -0.25) is 9.69 Å². The number of ether oxygens (including phenoxy) is 1. The number of nitrogens with zero attached hydrogens (tertiary/aromatic N) is 1. The van der Waals surface area contributed by atoms with Gasteiger partial charge in [0.25, 0.3) is 0 Å². The van der Waals surface area contributed by atoms with Crippen LogP contribution in [0.4, 0.5) is 0 Å². The minimum Gasteiger partial charge on any atom is -0.445 e. The Balaban J connectivity index is 0.000000980. The zero-order chi connectivity index (χ0) is 9.64. The Bertz CT molecular complexity index is 237. The molecule has 0 amide bonds. The van der Waals surface area contributed by atoms with Gasteiger partial charge in [-0.2, -0.15) is 6.42 Å². The molecule has 0 unspecified atom stereocenters. The zero-order valence-electron chi connectivity index (χ0n) is 8.99. The molecular weight excluding hydrogens is 255 g/mol. The monoisotopic (exact) mass is 271 g/mol. The van der Waals surface area contributed by atoms with Crippen LogP contribution in [0.5, 0.6) is 0 Å². The molecule has 2 heterocycles. The van der Waals surface area contributed by atoms with Crippen molar-refractivity contribution in [2.24, 2.45) is 5.41 Å². The molecule has 2 rings (SSSR count). The summed E-state index contributed by atoms with van der Waals surface area (Å²) < 4.78 is 5.36. The zero-order valence-corrected chi connectivity index (χ0v) is 11.8. The van der Waals surface area contributed by atoms with Crippen LogP contribution in [-0.2, 0) is 42.2 Å². The van der Waals surface area contributed by atoms with Crippen molar-refractivity contribution < 1.29 is 42.2 Å². The van der Waals surface area contributed by atoms with Crippen LogP contribution in [-0.4, -0.2) is 29.7 Å². The van der Waals surface area contributed by atoms with Gasteiger partial charge in [0.05, 0.1) is 6.04 Å². The Morgan fingerprint density at radius 3 is 2.71 bits per heavy atom. The molecule has 0 aromatic heterocycles. The van der Waals surface area contributed by atoms with Crippen LogP contribution >= 0.6 is 0 Å². The molecule has 0 bridgehead atoms. The van der Waals surface area contributed by atoms with Crippen LogP contribution < -0.4 is 0 Å². The number of esters is 1. The Hall–Kier alpha value is 0.534. The fraction of sp³-hybridized carbons (Fsp3) is 0.800. The molecule has 4 heteroatoms. The molecule has 14 heavy (non-hydrogen) atoms. The third-order valence-corrected chi connectivity index (χ3v) is 2.67. The molecule has 2 aliphatic rings. The van der Waals surface area contributed by atoms with Gasteiger partial charge in [0.1, 0.15) is 0 Å². The largest absolute Gasteiger partial charge is 0.445 e. The quantitative estimate of drug-likeness (QED) is 0.489. The van der Waals surface area contributed by atoms with Crippen molar-refractivity contribution >= 4 is 5.97 Å². The molecule has 0 aromatic carbocycles. The number of carbonyl (C=O) groups is 1. The molecule has 2 atom stereocenters. The van der Waals surface area contributed by atoms with Crippen molar-refractivity contribution in [3.63, 3.8) is 0 Å². The van der Waals surface area contributed by atoms with E-state index in [4.69, 9.17) is 4.74 Å². The van der Waals surface area contributed by atoms with E-state index in [1.165, 1.54) is 0 Å². The van der Waals surface area contributed by atoms with Gasteiger partial charge in [-0.25, -0.2) is 0 Å². The number of rotatable bonds is 0. The Kier molecular flexibility index (Phi) is 3.77. The summed E-state index contributed by atoms with van der Waals surface area (Å²) in [6.07, 6.45) is 2.97. The number of cyclic esters (lactones) is 1. The van der Waals surface area contributed by atoms with Gasteiger partial charge in [-0.1, -0.05) is 20.8 Å². The standard InChI is InChI=1S/C10H16NO2.Y/c1-10(2,3)9-11-6-4-5-7(11)8(12)13-9;/h4,7,9H,5-6H2,1-3H3;/q-1;/t7-,9+;/m0./s1. The average molecular weight is 271 g/mol. The fourth-order valence-corrected chi connectivity index (χ4v) is 2.07. The molecule has 1 radical (unpaired) electrons. The van der Waals surface area contributed by atoms with Crippen molar-refractivity contribution in [3.8, 4) is 0 Å². The van der Waals surface area contributed by atoms with Gasteiger partial charge in [0.15, 0.2) is 6.23 Å². The number of hydrogen-bond acceptors (Lipinski definition) is 3. The Labute approximate surface area is 110 Å². The first-order valence-electron chi connectivity index (χ1n) is 4.78. The van der Waals surface area contributed by atoms with E-state index in [2.05, 4.69) is 32.1 Å². The van der Waals surface area contributed by atoms with Crippen molar-refractivity contribution in [1.82, 2.24) is 4.90 Å². The van der Waals surface area contributed by atoms with Crippen LogP contribution in [0.1, 0.15) is 27.2 Å². The van der Waals surface area contributed by atoms with Crippen LogP contribution in [0.15, 0.2) is 0 Å². The third kappa shape index (κ3) is 2.05. The maximum atomic E-state index is 11.4. The van der Waals surface area contributed by atoms with Gasteiger partial charge in [0, 0.05) is 38.1 Å². The molecule has 2 fully saturated rings. The van der Waals surface area contributed by atoms with Crippen molar-refractivity contribution in [1.29, 1.82) is 0 Å². The van der Waals surface area contributed by atoms with Crippen molar-refractivity contribution in [3.05, 3.63) is 6.42 Å². The van der Waals surface area contributed by atoms with Crippen LogP contribution in [0.2, 0.25) is 0 Å². The van der Waals surface area contributed by atoms with Crippen molar-refractivity contribution in [2.45, 2.75) is 39.5 Å². The van der Waals surface area contributed by atoms with E-state index in [1.54, 1.807) is 0 Å². The van der Waals surface area contributed by atoms with Gasteiger partial charge in [-0.05, 0) is 0 Å². The Morgan fingerprint density at radius 2 is 2.14 bits per heavy atom. The average Bonchev–Trinajstić information content (AvgIpc) is 2.51. The molecule has 2 aliphatic heterocycles. The molecule has 0 aliphatic carbocycles. The van der Waals surface area contributed by atoms with Crippen LogP contribution in [0.3, 0.4) is 0 Å². The van der Waals surface area contributed by atoms with Gasteiger partial charge >= 0.3 is 5.97 Å². The summed E-state index contributed by atoms with van der Waals surface area (Å²) in [7, 11) is 0. The third-order valence-electron chi connectivity index (χ3n) is 2.67. The second-order valence-corrected chi connectivity index (χ2v) is 4.89. The summed E-state index contributed by atoms with van der Waals surface area (Å²) >= 11 is 0. The minimum atomic E-state index is -0.0475. The fourth-order valence-electron chi connectivity index (χ4n) is 2.07. The van der Waals surface area contributed by atoms with E-state index in [0.29, 0.717) is 0 Å². The van der Waals surface area contributed by atoms with Gasteiger partial charge in [-0.15, -0.1) is 6.54 Å². The first-order valence-corrected chi connectivity index (χ1v) is 4.78. The predicted molar refractivity (Wildman–Crippen MR) is 48.7 cm³/mol. The first kappa shape index (κ1) is 12.6. The summed E-state index contributed by atoms with van der Waals surface area (Å²) in [5, 5.41) is 0. The Morgan fingerprint density at radius 1 is 1.50 bits per heavy atom. The molecule has 77 valence electrons. The van der Waals surface area contributed by atoms with Gasteiger partial charge in [0.2, 0.25) is 0 Å². The summed E-state index contributed by atoms with van der Waals surface area (Å²) in [6.45, 7) is 7.20. The molecule has 3 nitrogen and oxygen atoms in total. The van der Waals surface area contributed by atoms with Crippen molar-refractivity contribution in [2.75, 3.05) is 6.54 Å².